The van der Waals surface area contributed by atoms with Gasteiger partial charge >= 0.3 is 0 Å². The van der Waals surface area contributed by atoms with Crippen molar-refractivity contribution in [1.82, 2.24) is 20.1 Å². The average Bonchev–Trinajstić information content (AvgIpc) is 3.16. The summed E-state index contributed by atoms with van der Waals surface area (Å²) in [5, 5.41) is 22.4. The van der Waals surface area contributed by atoms with E-state index in [1.54, 1.807) is 6.07 Å². The average molecular weight is 320 g/mol. The standard InChI is InChI=1S/C19H20N4O/c24-19-4-2-1-3-14(19)15-9-18-16(22-21-15)10-17(12-7-8-20-11-12)23(18)13-5-6-13/h1-4,9-10,12-13,20,24H,5-8,11H2. The molecule has 122 valence electrons. The molecule has 1 unspecified atom stereocenters. The van der Waals surface area contributed by atoms with Crippen molar-refractivity contribution in [2.24, 2.45) is 0 Å². The molecule has 1 saturated heterocycles. The van der Waals surface area contributed by atoms with Crippen LogP contribution in [0.15, 0.2) is 36.4 Å². The Bertz CT molecular complexity index is 907. The van der Waals surface area contributed by atoms with Crippen LogP contribution in [0.5, 0.6) is 5.75 Å². The van der Waals surface area contributed by atoms with Crippen LogP contribution in [0.3, 0.4) is 0 Å². The highest BCUT2D eigenvalue weighted by atomic mass is 16.3. The number of nitrogens with one attached hydrogen (secondary N) is 1. The molecule has 0 bridgehead atoms. The molecule has 1 aliphatic heterocycles. The number of benzene rings is 1. The zero-order chi connectivity index (χ0) is 16.1. The summed E-state index contributed by atoms with van der Waals surface area (Å²) in [5.41, 5.74) is 4.97. The molecule has 24 heavy (non-hydrogen) atoms. The van der Waals surface area contributed by atoms with Gasteiger partial charge in [0.25, 0.3) is 0 Å². The van der Waals surface area contributed by atoms with Gasteiger partial charge in [0, 0.05) is 29.8 Å². The molecule has 3 aromatic rings. The number of para-hydroxylation sites is 1. The van der Waals surface area contributed by atoms with E-state index in [0.29, 0.717) is 12.0 Å². The van der Waals surface area contributed by atoms with Crippen molar-refractivity contribution in [2.75, 3.05) is 13.1 Å². The van der Waals surface area contributed by atoms with Crippen molar-refractivity contribution in [1.29, 1.82) is 0 Å². The summed E-state index contributed by atoms with van der Waals surface area (Å²) in [5.74, 6) is 0.810. The minimum absolute atomic E-state index is 0.246. The Kier molecular flexibility index (Phi) is 3.10. The van der Waals surface area contributed by atoms with Gasteiger partial charge in [-0.05, 0) is 50.1 Å². The fraction of sp³-hybridized carbons (Fsp3) is 0.368. The molecule has 2 N–H and O–H groups in total. The highest BCUT2D eigenvalue weighted by Crippen LogP contribution is 2.42. The van der Waals surface area contributed by atoms with Crippen molar-refractivity contribution in [2.45, 2.75) is 31.2 Å². The molecular formula is C19H20N4O. The van der Waals surface area contributed by atoms with E-state index in [9.17, 15) is 5.11 Å². The molecule has 0 radical (unpaired) electrons. The number of rotatable bonds is 3. The summed E-state index contributed by atoms with van der Waals surface area (Å²) in [6.07, 6.45) is 3.67. The molecule has 0 amide bonds. The smallest absolute Gasteiger partial charge is 0.125 e. The van der Waals surface area contributed by atoms with E-state index >= 15 is 0 Å². The van der Waals surface area contributed by atoms with Gasteiger partial charge in [0.15, 0.2) is 0 Å². The number of aromatic nitrogens is 3. The molecule has 1 atom stereocenters. The van der Waals surface area contributed by atoms with Crippen LogP contribution < -0.4 is 5.32 Å². The van der Waals surface area contributed by atoms with Gasteiger partial charge in [-0.1, -0.05) is 12.1 Å². The number of fused-ring (bicyclic) bond motifs is 1. The molecule has 5 heteroatoms. The van der Waals surface area contributed by atoms with Gasteiger partial charge in [0.1, 0.15) is 11.3 Å². The van der Waals surface area contributed by atoms with Crippen LogP contribution in [0.25, 0.3) is 22.3 Å². The van der Waals surface area contributed by atoms with Crippen LogP contribution in [0.1, 0.15) is 36.9 Å². The van der Waals surface area contributed by atoms with Crippen LogP contribution >= 0.6 is 0 Å². The van der Waals surface area contributed by atoms with Crippen LogP contribution in [-0.4, -0.2) is 33.0 Å². The minimum Gasteiger partial charge on any atom is -0.507 e. The van der Waals surface area contributed by atoms with Crippen molar-refractivity contribution in [3.8, 4) is 17.0 Å². The van der Waals surface area contributed by atoms with E-state index in [-0.39, 0.29) is 5.75 Å². The molecule has 2 aromatic heterocycles. The summed E-state index contributed by atoms with van der Waals surface area (Å²) in [6.45, 7) is 2.13. The maximum Gasteiger partial charge on any atom is 0.125 e. The Morgan fingerprint density at radius 2 is 1.96 bits per heavy atom. The van der Waals surface area contributed by atoms with Crippen LogP contribution in [0, 0.1) is 0 Å². The monoisotopic (exact) mass is 320 g/mol. The molecule has 0 spiro atoms. The van der Waals surface area contributed by atoms with E-state index in [1.807, 2.05) is 18.2 Å². The van der Waals surface area contributed by atoms with E-state index in [4.69, 9.17) is 0 Å². The first-order chi connectivity index (χ1) is 11.8. The summed E-state index contributed by atoms with van der Waals surface area (Å²) in [4.78, 5) is 0. The zero-order valence-electron chi connectivity index (χ0n) is 13.4. The van der Waals surface area contributed by atoms with Gasteiger partial charge in [0.2, 0.25) is 0 Å². The maximum absolute atomic E-state index is 10.1. The summed E-state index contributed by atoms with van der Waals surface area (Å²) in [7, 11) is 0. The molecule has 1 aromatic carbocycles. The Morgan fingerprint density at radius 3 is 2.71 bits per heavy atom. The lowest BCUT2D eigenvalue weighted by Crippen LogP contribution is -2.11. The van der Waals surface area contributed by atoms with Crippen LogP contribution in [0.4, 0.5) is 0 Å². The first kappa shape index (κ1) is 14.0. The van der Waals surface area contributed by atoms with E-state index in [0.717, 1.165) is 35.4 Å². The van der Waals surface area contributed by atoms with Crippen molar-refractivity contribution < 1.29 is 5.11 Å². The quantitative estimate of drug-likeness (QED) is 0.778. The molecule has 5 rings (SSSR count). The largest absolute Gasteiger partial charge is 0.507 e. The molecule has 1 saturated carbocycles. The van der Waals surface area contributed by atoms with Crippen LogP contribution in [-0.2, 0) is 0 Å². The van der Waals surface area contributed by atoms with Gasteiger partial charge in [-0.25, -0.2) is 0 Å². The number of hydrogen-bond donors (Lipinski definition) is 2. The molecule has 2 fully saturated rings. The van der Waals surface area contributed by atoms with Crippen molar-refractivity contribution in [3.63, 3.8) is 0 Å². The minimum atomic E-state index is 0.246. The molecule has 5 nitrogen and oxygen atoms in total. The Morgan fingerprint density at radius 1 is 1.08 bits per heavy atom. The lowest BCUT2D eigenvalue weighted by Gasteiger charge is -2.14. The fourth-order valence-electron chi connectivity index (χ4n) is 3.82. The van der Waals surface area contributed by atoms with E-state index in [2.05, 4.69) is 32.2 Å². The third-order valence-electron chi connectivity index (χ3n) is 5.19. The van der Waals surface area contributed by atoms with Gasteiger partial charge in [-0.3, -0.25) is 0 Å². The number of phenols is 1. The summed E-state index contributed by atoms with van der Waals surface area (Å²) in [6, 6.07) is 12.2. The van der Waals surface area contributed by atoms with Gasteiger partial charge in [-0.2, -0.15) is 0 Å². The number of hydrogen-bond acceptors (Lipinski definition) is 4. The topological polar surface area (TPSA) is 63.0 Å². The lowest BCUT2D eigenvalue weighted by atomic mass is 10.1. The van der Waals surface area contributed by atoms with Crippen molar-refractivity contribution in [3.05, 3.63) is 42.1 Å². The van der Waals surface area contributed by atoms with Gasteiger partial charge in [-0.15, -0.1) is 10.2 Å². The van der Waals surface area contributed by atoms with Crippen molar-refractivity contribution >= 4 is 11.0 Å². The predicted molar refractivity (Wildman–Crippen MR) is 93.1 cm³/mol. The third kappa shape index (κ3) is 2.19. The van der Waals surface area contributed by atoms with E-state index in [1.165, 1.54) is 25.0 Å². The Hall–Kier alpha value is -2.40. The second kappa shape index (κ2) is 5.31. The fourth-order valence-corrected chi connectivity index (χ4v) is 3.82. The highest BCUT2D eigenvalue weighted by Gasteiger charge is 2.31. The number of nitrogens with zero attached hydrogens (tertiary/aromatic N) is 3. The molecule has 1 aliphatic carbocycles. The lowest BCUT2D eigenvalue weighted by molar-refractivity contribution is 0.477. The predicted octanol–water partition coefficient (Wildman–Crippen LogP) is 3.22. The molecule has 3 heterocycles. The molecular weight excluding hydrogens is 300 g/mol. The number of aromatic hydroxyl groups is 1. The van der Waals surface area contributed by atoms with Gasteiger partial charge < -0.3 is 15.0 Å². The highest BCUT2D eigenvalue weighted by molar-refractivity contribution is 5.82. The first-order valence-corrected chi connectivity index (χ1v) is 8.69. The first-order valence-electron chi connectivity index (χ1n) is 8.69. The SMILES string of the molecule is Oc1ccccc1-c1cc2c(cc(C3CCNC3)n2C2CC2)nn1. The Labute approximate surface area is 140 Å². The normalized spacial score (nSPS) is 20.8. The summed E-state index contributed by atoms with van der Waals surface area (Å²) >= 11 is 0. The van der Waals surface area contributed by atoms with E-state index < -0.39 is 0 Å². The van der Waals surface area contributed by atoms with Gasteiger partial charge in [0.05, 0.1) is 11.2 Å². The maximum atomic E-state index is 10.1. The second-order valence-electron chi connectivity index (χ2n) is 6.88. The van der Waals surface area contributed by atoms with Crippen LogP contribution in [0.2, 0.25) is 0 Å². The third-order valence-corrected chi connectivity index (χ3v) is 5.19. The Balaban J connectivity index is 1.68. The second-order valence-corrected chi connectivity index (χ2v) is 6.88. The molecule has 2 aliphatic rings. The zero-order valence-corrected chi connectivity index (χ0v) is 13.4. The number of phenolic OH excluding ortho intramolecular Hbond substituents is 1. The summed E-state index contributed by atoms with van der Waals surface area (Å²) < 4.78 is 2.48.